The maximum absolute atomic E-state index is 3.42. The molecule has 1 aromatic rings. The molecule has 1 N–H and O–H groups in total. The second-order valence-corrected chi connectivity index (χ2v) is 4.25. The normalized spacial score (nSPS) is 9.53. The van der Waals surface area contributed by atoms with Gasteiger partial charge in [-0.2, -0.15) is 11.3 Å². The molecule has 0 saturated heterocycles. The SMILES string of the molecule is CN(C)CCCNCc1ccsc1.Cl.Cl. The molecular weight excluding hydrogens is 251 g/mol. The number of nitrogens with one attached hydrogen (secondary N) is 1. The summed E-state index contributed by atoms with van der Waals surface area (Å²) in [4.78, 5) is 2.21. The van der Waals surface area contributed by atoms with Crippen molar-refractivity contribution in [2.45, 2.75) is 13.0 Å². The summed E-state index contributed by atoms with van der Waals surface area (Å²) in [6, 6.07) is 2.17. The van der Waals surface area contributed by atoms with E-state index in [1.165, 1.54) is 12.0 Å². The molecule has 2 nitrogen and oxygen atoms in total. The van der Waals surface area contributed by atoms with Crippen molar-refractivity contribution in [3.05, 3.63) is 22.4 Å². The maximum Gasteiger partial charge on any atom is 0.0213 e. The number of rotatable bonds is 6. The summed E-state index contributed by atoms with van der Waals surface area (Å²) >= 11 is 1.76. The molecule has 0 aromatic carbocycles. The van der Waals surface area contributed by atoms with Crippen LogP contribution in [-0.2, 0) is 6.54 Å². The van der Waals surface area contributed by atoms with Crippen molar-refractivity contribution in [1.82, 2.24) is 10.2 Å². The van der Waals surface area contributed by atoms with Crippen LogP contribution in [0, 0.1) is 0 Å². The van der Waals surface area contributed by atoms with Gasteiger partial charge in [0, 0.05) is 6.54 Å². The fraction of sp³-hybridized carbons (Fsp3) is 0.600. The van der Waals surface area contributed by atoms with E-state index < -0.39 is 0 Å². The van der Waals surface area contributed by atoms with E-state index in [0.717, 1.165) is 19.6 Å². The zero-order valence-electron chi connectivity index (χ0n) is 9.23. The quantitative estimate of drug-likeness (QED) is 0.800. The van der Waals surface area contributed by atoms with Crippen LogP contribution in [0.1, 0.15) is 12.0 Å². The van der Waals surface area contributed by atoms with E-state index in [-0.39, 0.29) is 24.8 Å². The monoisotopic (exact) mass is 270 g/mol. The standard InChI is InChI=1S/C10H18N2S.2ClH/c1-12(2)6-3-5-11-8-10-4-7-13-9-10;;/h4,7,9,11H,3,5-6,8H2,1-2H3;2*1H. The van der Waals surface area contributed by atoms with Crippen molar-refractivity contribution in [2.75, 3.05) is 27.2 Å². The van der Waals surface area contributed by atoms with E-state index >= 15 is 0 Å². The summed E-state index contributed by atoms with van der Waals surface area (Å²) in [6.45, 7) is 3.28. The van der Waals surface area contributed by atoms with Crippen LogP contribution in [0.3, 0.4) is 0 Å². The van der Waals surface area contributed by atoms with Crippen molar-refractivity contribution < 1.29 is 0 Å². The first-order valence-electron chi connectivity index (χ1n) is 4.65. The maximum atomic E-state index is 3.42. The Labute approximate surface area is 109 Å². The molecule has 0 bridgehead atoms. The van der Waals surface area contributed by atoms with Crippen molar-refractivity contribution in [2.24, 2.45) is 0 Å². The van der Waals surface area contributed by atoms with Gasteiger partial charge in [0.25, 0.3) is 0 Å². The molecule has 1 heterocycles. The second kappa shape index (κ2) is 10.7. The summed E-state index contributed by atoms with van der Waals surface area (Å²) < 4.78 is 0. The van der Waals surface area contributed by atoms with Crippen LogP contribution >= 0.6 is 36.2 Å². The third kappa shape index (κ3) is 9.15. The largest absolute Gasteiger partial charge is 0.313 e. The third-order valence-electron chi connectivity index (χ3n) is 1.87. The first-order chi connectivity index (χ1) is 6.29. The van der Waals surface area contributed by atoms with E-state index in [4.69, 9.17) is 0 Å². The van der Waals surface area contributed by atoms with Gasteiger partial charge in [-0.15, -0.1) is 24.8 Å². The lowest BCUT2D eigenvalue weighted by Gasteiger charge is -2.09. The van der Waals surface area contributed by atoms with Crippen molar-refractivity contribution >= 4 is 36.2 Å². The molecule has 15 heavy (non-hydrogen) atoms. The molecular formula is C10H20Cl2N2S. The van der Waals surface area contributed by atoms with Crippen LogP contribution in [-0.4, -0.2) is 32.1 Å². The van der Waals surface area contributed by atoms with Crippen LogP contribution in [0.5, 0.6) is 0 Å². The van der Waals surface area contributed by atoms with Crippen molar-refractivity contribution in [1.29, 1.82) is 0 Å². The van der Waals surface area contributed by atoms with Crippen LogP contribution < -0.4 is 5.32 Å². The summed E-state index contributed by atoms with van der Waals surface area (Å²) in [5.41, 5.74) is 1.40. The number of hydrogen-bond acceptors (Lipinski definition) is 3. The van der Waals surface area contributed by atoms with E-state index in [9.17, 15) is 0 Å². The van der Waals surface area contributed by atoms with Crippen molar-refractivity contribution in [3.8, 4) is 0 Å². The summed E-state index contributed by atoms with van der Waals surface area (Å²) in [5.74, 6) is 0. The molecule has 90 valence electrons. The van der Waals surface area contributed by atoms with Gasteiger partial charge in [0.2, 0.25) is 0 Å². The van der Waals surface area contributed by atoms with Gasteiger partial charge in [-0.05, 0) is 56.0 Å². The Kier molecular flexibility index (Phi) is 12.6. The minimum atomic E-state index is 0. The molecule has 0 atom stereocenters. The van der Waals surface area contributed by atoms with Gasteiger partial charge in [-0.1, -0.05) is 0 Å². The lowest BCUT2D eigenvalue weighted by molar-refractivity contribution is 0.394. The molecule has 1 rings (SSSR count). The highest BCUT2D eigenvalue weighted by Crippen LogP contribution is 2.04. The van der Waals surface area contributed by atoms with Gasteiger partial charge in [0.05, 0.1) is 0 Å². The molecule has 0 spiro atoms. The molecule has 1 aromatic heterocycles. The Balaban J connectivity index is 0. The van der Waals surface area contributed by atoms with Gasteiger partial charge in [-0.3, -0.25) is 0 Å². The lowest BCUT2D eigenvalue weighted by Crippen LogP contribution is -2.20. The Morgan fingerprint density at radius 2 is 2.07 bits per heavy atom. The molecule has 0 radical (unpaired) electrons. The fourth-order valence-electron chi connectivity index (χ4n) is 1.15. The first kappa shape index (κ1) is 17.6. The minimum absolute atomic E-state index is 0. The number of hydrogen-bond donors (Lipinski definition) is 1. The summed E-state index contributed by atoms with van der Waals surface area (Å²) in [7, 11) is 4.22. The number of halogens is 2. The second-order valence-electron chi connectivity index (χ2n) is 3.47. The van der Waals surface area contributed by atoms with Crippen LogP contribution in [0.15, 0.2) is 16.8 Å². The molecule has 0 unspecified atom stereocenters. The Morgan fingerprint density at radius 3 is 2.60 bits per heavy atom. The van der Waals surface area contributed by atoms with Crippen LogP contribution in [0.2, 0.25) is 0 Å². The predicted octanol–water partition coefficient (Wildman–Crippen LogP) is 2.63. The predicted molar refractivity (Wildman–Crippen MR) is 73.7 cm³/mol. The highest BCUT2D eigenvalue weighted by molar-refractivity contribution is 7.07. The Bertz CT molecular complexity index is 215. The lowest BCUT2D eigenvalue weighted by atomic mass is 10.3. The average molecular weight is 271 g/mol. The van der Waals surface area contributed by atoms with E-state index in [2.05, 4.69) is 41.1 Å². The average Bonchev–Trinajstić information content (AvgIpc) is 2.55. The Hall–Kier alpha value is 0.200. The zero-order chi connectivity index (χ0) is 9.52. The molecule has 0 saturated carbocycles. The van der Waals surface area contributed by atoms with E-state index in [0.29, 0.717) is 0 Å². The first-order valence-corrected chi connectivity index (χ1v) is 5.60. The van der Waals surface area contributed by atoms with E-state index in [1.54, 1.807) is 11.3 Å². The van der Waals surface area contributed by atoms with E-state index in [1.807, 2.05) is 0 Å². The van der Waals surface area contributed by atoms with Crippen LogP contribution in [0.4, 0.5) is 0 Å². The molecule has 5 heteroatoms. The summed E-state index contributed by atoms with van der Waals surface area (Å²) in [5, 5.41) is 7.74. The fourth-order valence-corrected chi connectivity index (χ4v) is 1.81. The Morgan fingerprint density at radius 1 is 1.33 bits per heavy atom. The van der Waals surface area contributed by atoms with Gasteiger partial charge in [0.15, 0.2) is 0 Å². The molecule has 0 amide bonds. The molecule has 0 aliphatic rings. The van der Waals surface area contributed by atoms with Gasteiger partial charge in [0.1, 0.15) is 0 Å². The van der Waals surface area contributed by atoms with Gasteiger partial charge in [-0.25, -0.2) is 0 Å². The third-order valence-corrected chi connectivity index (χ3v) is 2.60. The van der Waals surface area contributed by atoms with Gasteiger partial charge < -0.3 is 10.2 Å². The smallest absolute Gasteiger partial charge is 0.0213 e. The zero-order valence-corrected chi connectivity index (χ0v) is 11.7. The molecule has 0 aliphatic carbocycles. The molecule has 0 aliphatic heterocycles. The minimum Gasteiger partial charge on any atom is -0.313 e. The highest BCUT2D eigenvalue weighted by Gasteiger charge is 1.92. The van der Waals surface area contributed by atoms with Crippen LogP contribution in [0.25, 0.3) is 0 Å². The number of nitrogens with zero attached hydrogens (tertiary/aromatic N) is 1. The molecule has 0 fully saturated rings. The number of thiophene rings is 1. The topological polar surface area (TPSA) is 15.3 Å². The summed E-state index contributed by atoms with van der Waals surface area (Å²) in [6.07, 6.45) is 1.22. The van der Waals surface area contributed by atoms with Crippen molar-refractivity contribution in [3.63, 3.8) is 0 Å². The van der Waals surface area contributed by atoms with Gasteiger partial charge >= 0.3 is 0 Å². The highest BCUT2D eigenvalue weighted by atomic mass is 35.5.